The van der Waals surface area contributed by atoms with Crippen molar-refractivity contribution in [1.29, 1.82) is 0 Å². The number of benzene rings is 1. The van der Waals surface area contributed by atoms with Crippen molar-refractivity contribution in [3.63, 3.8) is 0 Å². The lowest BCUT2D eigenvalue weighted by Gasteiger charge is -2.12. The van der Waals surface area contributed by atoms with Crippen LogP contribution in [0.4, 0.5) is 13.2 Å². The van der Waals surface area contributed by atoms with Crippen LogP contribution in [0.3, 0.4) is 0 Å². The van der Waals surface area contributed by atoms with Crippen molar-refractivity contribution in [3.8, 4) is 5.69 Å². The van der Waals surface area contributed by atoms with Gasteiger partial charge in [0.1, 0.15) is 6.33 Å². The van der Waals surface area contributed by atoms with Crippen LogP contribution in [0, 0.1) is 0 Å². The molecule has 0 bridgehead atoms. The normalized spacial score (nSPS) is 11.8. The van der Waals surface area contributed by atoms with Gasteiger partial charge in [0.25, 0.3) is 0 Å². The molecule has 18 heavy (non-hydrogen) atoms. The van der Waals surface area contributed by atoms with Gasteiger partial charge in [0.2, 0.25) is 0 Å². The smallest absolute Gasteiger partial charge is 0.285 e. The van der Waals surface area contributed by atoms with Gasteiger partial charge in [-0.3, -0.25) is 4.57 Å². The van der Waals surface area contributed by atoms with E-state index in [4.69, 9.17) is 11.6 Å². The number of nitrogens with zero attached hydrogens (tertiary/aromatic N) is 3. The fourth-order valence-corrected chi connectivity index (χ4v) is 2.10. The third kappa shape index (κ3) is 2.51. The molecular formula is C10H6BrClF3N3. The van der Waals surface area contributed by atoms with E-state index in [2.05, 4.69) is 26.1 Å². The fourth-order valence-electron chi connectivity index (χ4n) is 1.45. The van der Waals surface area contributed by atoms with Crippen molar-refractivity contribution in [2.75, 3.05) is 0 Å². The Hall–Kier alpha value is -1.08. The van der Waals surface area contributed by atoms with E-state index in [0.717, 1.165) is 6.07 Å². The zero-order valence-corrected chi connectivity index (χ0v) is 11.1. The highest BCUT2D eigenvalue weighted by Gasteiger charge is 2.33. The van der Waals surface area contributed by atoms with Crippen molar-refractivity contribution in [1.82, 2.24) is 14.8 Å². The summed E-state index contributed by atoms with van der Waals surface area (Å²) in [5, 5.41) is 7.33. The summed E-state index contributed by atoms with van der Waals surface area (Å²) in [6.07, 6.45) is -3.11. The Bertz CT molecular complexity index is 568. The van der Waals surface area contributed by atoms with Crippen molar-refractivity contribution >= 4 is 27.5 Å². The molecule has 0 radical (unpaired) electrons. The SMILES string of the molecule is FC(F)(F)c1cc(-n2cnnc2CCl)ccc1Br. The second-order valence-corrected chi connectivity index (χ2v) is 4.53. The zero-order chi connectivity index (χ0) is 13.3. The van der Waals surface area contributed by atoms with Crippen molar-refractivity contribution in [2.24, 2.45) is 0 Å². The van der Waals surface area contributed by atoms with E-state index in [0.29, 0.717) is 11.5 Å². The van der Waals surface area contributed by atoms with Gasteiger partial charge in [0.05, 0.1) is 11.4 Å². The first-order valence-corrected chi connectivity index (χ1v) is 6.08. The van der Waals surface area contributed by atoms with Gasteiger partial charge in [-0.15, -0.1) is 21.8 Å². The van der Waals surface area contributed by atoms with E-state index in [-0.39, 0.29) is 10.4 Å². The van der Waals surface area contributed by atoms with Gasteiger partial charge in [0, 0.05) is 10.2 Å². The maximum atomic E-state index is 12.8. The summed E-state index contributed by atoms with van der Waals surface area (Å²) in [6, 6.07) is 3.87. The van der Waals surface area contributed by atoms with Gasteiger partial charge < -0.3 is 0 Å². The van der Waals surface area contributed by atoms with Gasteiger partial charge in [-0.1, -0.05) is 15.9 Å². The number of halogens is 5. The number of rotatable bonds is 2. The molecule has 0 spiro atoms. The van der Waals surface area contributed by atoms with Gasteiger partial charge in [-0.25, -0.2) is 0 Å². The Balaban J connectivity index is 2.54. The average molecular weight is 341 g/mol. The van der Waals surface area contributed by atoms with Crippen molar-refractivity contribution in [3.05, 3.63) is 40.4 Å². The molecule has 1 aromatic heterocycles. The van der Waals surface area contributed by atoms with Gasteiger partial charge in [-0.2, -0.15) is 13.2 Å². The molecular weight excluding hydrogens is 334 g/mol. The predicted molar refractivity (Wildman–Crippen MR) is 63.6 cm³/mol. The zero-order valence-electron chi connectivity index (χ0n) is 8.75. The lowest BCUT2D eigenvalue weighted by molar-refractivity contribution is -0.138. The van der Waals surface area contributed by atoms with E-state index < -0.39 is 11.7 Å². The minimum absolute atomic E-state index is 0.0146. The Morgan fingerprint density at radius 1 is 1.33 bits per heavy atom. The van der Waals surface area contributed by atoms with Gasteiger partial charge in [-0.05, 0) is 18.2 Å². The summed E-state index contributed by atoms with van der Waals surface area (Å²) < 4.78 is 39.7. The molecule has 0 unspecified atom stereocenters. The van der Waals surface area contributed by atoms with E-state index in [1.54, 1.807) is 0 Å². The Morgan fingerprint density at radius 2 is 2.06 bits per heavy atom. The quantitative estimate of drug-likeness (QED) is 0.779. The van der Waals surface area contributed by atoms with Crippen LogP contribution in [0.2, 0.25) is 0 Å². The second kappa shape index (κ2) is 4.89. The van der Waals surface area contributed by atoms with Crippen LogP contribution in [-0.2, 0) is 12.1 Å². The summed E-state index contributed by atoms with van der Waals surface area (Å²) in [5.74, 6) is 0.448. The topological polar surface area (TPSA) is 30.7 Å². The van der Waals surface area contributed by atoms with Gasteiger partial charge >= 0.3 is 6.18 Å². The maximum absolute atomic E-state index is 12.8. The highest BCUT2D eigenvalue weighted by molar-refractivity contribution is 9.10. The molecule has 2 rings (SSSR count). The Morgan fingerprint density at radius 3 is 2.67 bits per heavy atom. The summed E-state index contributed by atoms with van der Waals surface area (Å²) in [4.78, 5) is 0. The first-order chi connectivity index (χ1) is 8.43. The molecule has 0 aliphatic heterocycles. The Labute approximate surface area is 114 Å². The number of hydrogen-bond donors (Lipinski definition) is 0. The third-order valence-electron chi connectivity index (χ3n) is 2.27. The number of aromatic nitrogens is 3. The molecule has 1 heterocycles. The van der Waals surface area contributed by atoms with Crippen LogP contribution in [0.1, 0.15) is 11.4 Å². The van der Waals surface area contributed by atoms with Gasteiger partial charge in [0.15, 0.2) is 5.82 Å². The van der Waals surface area contributed by atoms with E-state index >= 15 is 0 Å². The Kier molecular flexibility index (Phi) is 3.63. The number of hydrogen-bond acceptors (Lipinski definition) is 2. The minimum atomic E-state index is -4.43. The maximum Gasteiger partial charge on any atom is 0.417 e. The molecule has 0 atom stereocenters. The fraction of sp³-hybridized carbons (Fsp3) is 0.200. The predicted octanol–water partition coefficient (Wildman–Crippen LogP) is 3.79. The lowest BCUT2D eigenvalue weighted by atomic mass is 10.2. The van der Waals surface area contributed by atoms with Crippen LogP contribution in [0.25, 0.3) is 5.69 Å². The summed E-state index contributed by atoms with van der Waals surface area (Å²) in [7, 11) is 0. The third-order valence-corrected chi connectivity index (χ3v) is 3.20. The first-order valence-electron chi connectivity index (χ1n) is 4.75. The standard InChI is InChI=1S/C10H6BrClF3N3/c11-8-2-1-6(3-7(8)10(13,14)15)18-5-16-17-9(18)4-12/h1-3,5H,4H2. The monoisotopic (exact) mass is 339 g/mol. The molecule has 0 amide bonds. The van der Waals surface area contributed by atoms with E-state index in [1.807, 2.05) is 0 Å². The van der Waals surface area contributed by atoms with Crippen LogP contribution < -0.4 is 0 Å². The molecule has 0 fully saturated rings. The molecule has 96 valence electrons. The van der Waals surface area contributed by atoms with Crippen molar-refractivity contribution in [2.45, 2.75) is 12.1 Å². The van der Waals surface area contributed by atoms with Crippen LogP contribution in [0.15, 0.2) is 29.0 Å². The summed E-state index contributed by atoms with van der Waals surface area (Å²) in [5.41, 5.74) is -0.444. The molecule has 0 saturated heterocycles. The summed E-state index contributed by atoms with van der Waals surface area (Å²) >= 11 is 8.51. The molecule has 8 heteroatoms. The highest BCUT2D eigenvalue weighted by Crippen LogP contribution is 2.36. The van der Waals surface area contributed by atoms with Crippen LogP contribution in [-0.4, -0.2) is 14.8 Å². The molecule has 0 saturated carbocycles. The van der Waals surface area contributed by atoms with Crippen LogP contribution in [0.5, 0.6) is 0 Å². The molecule has 2 aromatic rings. The van der Waals surface area contributed by atoms with Crippen molar-refractivity contribution < 1.29 is 13.2 Å². The average Bonchev–Trinajstić information content (AvgIpc) is 2.76. The molecule has 3 nitrogen and oxygen atoms in total. The second-order valence-electron chi connectivity index (χ2n) is 3.41. The van der Waals surface area contributed by atoms with E-state index in [9.17, 15) is 13.2 Å². The molecule has 0 aliphatic rings. The highest BCUT2D eigenvalue weighted by atomic mass is 79.9. The lowest BCUT2D eigenvalue weighted by Crippen LogP contribution is -2.08. The first kappa shape index (κ1) is 13.4. The van der Waals surface area contributed by atoms with Crippen LogP contribution >= 0.6 is 27.5 Å². The minimum Gasteiger partial charge on any atom is -0.285 e. The number of alkyl halides is 4. The molecule has 1 aromatic carbocycles. The van der Waals surface area contributed by atoms with E-state index in [1.165, 1.54) is 23.0 Å². The summed E-state index contributed by atoms with van der Waals surface area (Å²) in [6.45, 7) is 0. The largest absolute Gasteiger partial charge is 0.417 e. The molecule has 0 aliphatic carbocycles. The molecule has 0 N–H and O–H groups in total.